The van der Waals surface area contributed by atoms with E-state index in [-0.39, 0.29) is 0 Å². The summed E-state index contributed by atoms with van der Waals surface area (Å²) in [5.41, 5.74) is 0. The van der Waals surface area contributed by atoms with Crippen LogP contribution in [0.4, 0.5) is 0 Å². The maximum absolute atomic E-state index is 3.04. The van der Waals surface area contributed by atoms with E-state index in [2.05, 4.69) is 41.8 Å². The summed E-state index contributed by atoms with van der Waals surface area (Å²) >= 11 is 0. The Morgan fingerprint density at radius 1 is 1.09 bits per heavy atom. The van der Waals surface area contributed by atoms with Gasteiger partial charge in [0.25, 0.3) is 0 Å². The third kappa shape index (κ3) is 9.18. The van der Waals surface area contributed by atoms with E-state index in [4.69, 9.17) is 0 Å². The third-order valence-electron chi connectivity index (χ3n) is 1.21. The number of hydrogen-bond acceptors (Lipinski definition) is 1. The molecule has 0 radical (unpaired) electrons. The van der Waals surface area contributed by atoms with Gasteiger partial charge in [0.1, 0.15) is 0 Å². The second-order valence-corrected chi connectivity index (χ2v) is 2.22. The van der Waals surface area contributed by atoms with Crippen LogP contribution in [-0.2, 0) is 0 Å². The summed E-state index contributed by atoms with van der Waals surface area (Å²) in [6.45, 7) is 2.97. The number of allylic oxidation sites excluding steroid dienone is 5. The highest BCUT2D eigenvalue weighted by atomic mass is 14.8. The molecule has 0 fully saturated rings. The normalized spacial score (nSPS) is 12.5. The van der Waals surface area contributed by atoms with Crippen LogP contribution in [0.5, 0.6) is 0 Å². The molecule has 1 nitrogen and oxygen atoms in total. The van der Waals surface area contributed by atoms with Crippen LogP contribution in [0, 0.1) is 0 Å². The van der Waals surface area contributed by atoms with Crippen LogP contribution in [-0.4, -0.2) is 13.6 Å². The Bertz CT molecular complexity index is 143. The first kappa shape index (κ1) is 10.2. The summed E-state index contributed by atoms with van der Waals surface area (Å²) in [7, 11) is 1.94. The van der Waals surface area contributed by atoms with Gasteiger partial charge in [-0.3, -0.25) is 0 Å². The molecule has 0 amide bonds. The number of nitrogens with one attached hydrogen (secondary N) is 1. The molecule has 0 bridgehead atoms. The van der Waals surface area contributed by atoms with E-state index in [1.807, 2.05) is 14.0 Å². The minimum Gasteiger partial charge on any atom is -0.316 e. The van der Waals surface area contributed by atoms with Crippen LogP contribution in [0.1, 0.15) is 13.3 Å². The van der Waals surface area contributed by atoms with Crippen molar-refractivity contribution in [3.8, 4) is 0 Å². The van der Waals surface area contributed by atoms with Gasteiger partial charge >= 0.3 is 0 Å². The minimum atomic E-state index is 0.938. The summed E-state index contributed by atoms with van der Waals surface area (Å²) in [6, 6.07) is 0. The Morgan fingerprint density at radius 3 is 2.45 bits per heavy atom. The zero-order chi connectivity index (χ0) is 8.36. The zero-order valence-electron chi connectivity index (χ0n) is 7.38. The smallest absolute Gasteiger partial charge is 0.0134 e. The summed E-state index contributed by atoms with van der Waals surface area (Å²) in [5, 5.41) is 3.04. The molecule has 0 spiro atoms. The van der Waals surface area contributed by atoms with E-state index in [9.17, 15) is 0 Å². The van der Waals surface area contributed by atoms with Crippen LogP contribution in [0.3, 0.4) is 0 Å². The first-order valence-electron chi connectivity index (χ1n) is 3.99. The molecule has 0 rings (SSSR count). The molecular formula is C10H17N. The second kappa shape index (κ2) is 9.18. The molecule has 11 heavy (non-hydrogen) atoms. The van der Waals surface area contributed by atoms with E-state index in [1.165, 1.54) is 0 Å². The molecule has 0 atom stereocenters. The van der Waals surface area contributed by atoms with Gasteiger partial charge in [-0.05, 0) is 20.4 Å². The fourth-order valence-electron chi connectivity index (χ4n) is 0.636. The SMILES string of the molecule is CC=CC/C=C\C=C\CNC. The Labute approximate surface area is 69.5 Å². The molecule has 0 aromatic rings. The molecule has 0 saturated heterocycles. The van der Waals surface area contributed by atoms with Gasteiger partial charge in [0, 0.05) is 6.54 Å². The van der Waals surface area contributed by atoms with Gasteiger partial charge in [-0.2, -0.15) is 0 Å². The lowest BCUT2D eigenvalue weighted by Gasteiger charge is -1.84. The standard InChI is InChI=1S/C10H17N/c1-3-4-5-6-7-8-9-10-11-2/h3-4,6-9,11H,5,10H2,1-2H3/b4-3?,7-6-,9-8+. The van der Waals surface area contributed by atoms with Crippen LogP contribution in [0.2, 0.25) is 0 Å². The van der Waals surface area contributed by atoms with Crippen molar-refractivity contribution in [2.75, 3.05) is 13.6 Å². The highest BCUT2D eigenvalue weighted by Crippen LogP contribution is 1.85. The van der Waals surface area contributed by atoms with Gasteiger partial charge in [0.15, 0.2) is 0 Å². The minimum absolute atomic E-state index is 0.938. The van der Waals surface area contributed by atoms with Crippen LogP contribution in [0.15, 0.2) is 36.5 Å². The molecule has 0 aliphatic rings. The first-order chi connectivity index (χ1) is 5.41. The average Bonchev–Trinajstić information content (AvgIpc) is 2.03. The lowest BCUT2D eigenvalue weighted by Crippen LogP contribution is -2.03. The lowest BCUT2D eigenvalue weighted by molar-refractivity contribution is 0.920. The predicted molar refractivity (Wildman–Crippen MR) is 51.6 cm³/mol. The summed E-state index contributed by atoms with van der Waals surface area (Å²) in [5.74, 6) is 0. The molecule has 0 aromatic carbocycles. The molecule has 0 aliphatic carbocycles. The van der Waals surface area contributed by atoms with Crippen molar-refractivity contribution in [2.24, 2.45) is 0 Å². The Hall–Kier alpha value is -0.820. The number of hydrogen-bond donors (Lipinski definition) is 1. The Morgan fingerprint density at radius 2 is 1.82 bits per heavy atom. The molecular weight excluding hydrogens is 134 g/mol. The van der Waals surface area contributed by atoms with E-state index in [0.29, 0.717) is 0 Å². The summed E-state index contributed by atoms with van der Waals surface area (Å²) in [4.78, 5) is 0. The van der Waals surface area contributed by atoms with Crippen LogP contribution >= 0.6 is 0 Å². The Kier molecular flexibility index (Phi) is 8.50. The molecule has 0 heterocycles. The third-order valence-corrected chi connectivity index (χ3v) is 1.21. The average molecular weight is 151 g/mol. The molecule has 1 N–H and O–H groups in total. The highest BCUT2D eigenvalue weighted by Gasteiger charge is 1.68. The van der Waals surface area contributed by atoms with E-state index in [1.54, 1.807) is 0 Å². The van der Waals surface area contributed by atoms with Gasteiger partial charge in [0.05, 0.1) is 0 Å². The van der Waals surface area contributed by atoms with Crippen molar-refractivity contribution in [3.05, 3.63) is 36.5 Å². The van der Waals surface area contributed by atoms with Gasteiger partial charge in [-0.15, -0.1) is 0 Å². The second-order valence-electron chi connectivity index (χ2n) is 2.22. The molecule has 0 saturated carbocycles. The van der Waals surface area contributed by atoms with Crippen LogP contribution < -0.4 is 5.32 Å². The largest absolute Gasteiger partial charge is 0.316 e. The monoisotopic (exact) mass is 151 g/mol. The zero-order valence-corrected chi connectivity index (χ0v) is 7.38. The summed E-state index contributed by atoms with van der Waals surface area (Å²) in [6.07, 6.45) is 13.6. The highest BCUT2D eigenvalue weighted by molar-refractivity contribution is 5.04. The molecule has 0 aromatic heterocycles. The molecule has 62 valence electrons. The maximum atomic E-state index is 3.04. The van der Waals surface area contributed by atoms with Crippen molar-refractivity contribution < 1.29 is 0 Å². The van der Waals surface area contributed by atoms with E-state index >= 15 is 0 Å². The quantitative estimate of drug-likeness (QED) is 0.469. The fourth-order valence-corrected chi connectivity index (χ4v) is 0.636. The van der Waals surface area contributed by atoms with Crippen molar-refractivity contribution in [1.29, 1.82) is 0 Å². The van der Waals surface area contributed by atoms with Gasteiger partial charge < -0.3 is 5.32 Å². The molecule has 0 unspecified atom stereocenters. The molecule has 0 aliphatic heterocycles. The summed E-state index contributed by atoms with van der Waals surface area (Å²) < 4.78 is 0. The fraction of sp³-hybridized carbons (Fsp3) is 0.400. The maximum Gasteiger partial charge on any atom is 0.0134 e. The van der Waals surface area contributed by atoms with E-state index in [0.717, 1.165) is 13.0 Å². The first-order valence-corrected chi connectivity index (χ1v) is 3.99. The topological polar surface area (TPSA) is 12.0 Å². The van der Waals surface area contributed by atoms with Crippen molar-refractivity contribution >= 4 is 0 Å². The van der Waals surface area contributed by atoms with E-state index < -0.39 is 0 Å². The van der Waals surface area contributed by atoms with Crippen LogP contribution in [0.25, 0.3) is 0 Å². The van der Waals surface area contributed by atoms with Gasteiger partial charge in [-0.25, -0.2) is 0 Å². The molecule has 1 heteroatoms. The number of rotatable bonds is 5. The lowest BCUT2D eigenvalue weighted by atomic mass is 10.3. The van der Waals surface area contributed by atoms with Crippen molar-refractivity contribution in [2.45, 2.75) is 13.3 Å². The van der Waals surface area contributed by atoms with Gasteiger partial charge in [0.2, 0.25) is 0 Å². The number of likely N-dealkylation sites (N-methyl/N-ethyl adjacent to an activating group) is 1. The van der Waals surface area contributed by atoms with Gasteiger partial charge in [-0.1, -0.05) is 36.5 Å². The predicted octanol–water partition coefficient (Wildman–Crippen LogP) is 2.28. The Balaban J connectivity index is 3.28. The van der Waals surface area contributed by atoms with Crippen molar-refractivity contribution in [3.63, 3.8) is 0 Å². The van der Waals surface area contributed by atoms with Crippen molar-refractivity contribution in [1.82, 2.24) is 5.32 Å².